The van der Waals surface area contributed by atoms with E-state index in [0.29, 0.717) is 11.6 Å². The third-order valence-electron chi connectivity index (χ3n) is 5.84. The number of nitrogens with one attached hydrogen (secondary N) is 1. The molecule has 2 aliphatic carbocycles. The number of anilines is 1. The molecule has 0 fully saturated rings. The summed E-state index contributed by atoms with van der Waals surface area (Å²) in [4.78, 5) is 17.6. The van der Waals surface area contributed by atoms with Crippen molar-refractivity contribution in [2.75, 3.05) is 5.32 Å². The van der Waals surface area contributed by atoms with Gasteiger partial charge in [-0.05, 0) is 63.0 Å². The third kappa shape index (κ3) is 3.63. The summed E-state index contributed by atoms with van der Waals surface area (Å²) >= 11 is 0. The van der Waals surface area contributed by atoms with Crippen LogP contribution in [-0.2, 0) is 35.8 Å². The van der Waals surface area contributed by atoms with Gasteiger partial charge in [0.1, 0.15) is 0 Å². The number of aliphatic hydroxyl groups excluding tert-OH is 1. The fraction of sp³-hybridized carbons (Fsp3) is 0.550. The number of carbonyl (C=O) groups excluding carboxylic acids is 1. The molecule has 2 atom stereocenters. The van der Waals surface area contributed by atoms with Gasteiger partial charge in [0.15, 0.2) is 14.9 Å². The Morgan fingerprint density at radius 3 is 2.83 bits per heavy atom. The number of fused-ring (bicyclic) bond motifs is 2. The number of pyridine rings is 1. The number of aryl methyl sites for hydroxylation is 1. The molecule has 2 heterocycles. The Kier molecular flexibility index (Phi) is 5.41. The molecule has 4 rings (SSSR count). The van der Waals surface area contributed by atoms with Gasteiger partial charge >= 0.3 is 6.03 Å². The number of nitrogens with zero attached hydrogens (tertiary/aromatic N) is 4. The summed E-state index contributed by atoms with van der Waals surface area (Å²) in [5, 5.41) is 22.5. The van der Waals surface area contributed by atoms with Crippen LogP contribution < -0.4 is 10.5 Å². The molecule has 0 radical (unpaired) electrons. The maximum atomic E-state index is 13.0. The van der Waals surface area contributed by atoms with Crippen molar-refractivity contribution in [1.82, 2.24) is 14.8 Å². The van der Waals surface area contributed by atoms with Gasteiger partial charge in [0.05, 0.1) is 18.0 Å². The van der Waals surface area contributed by atoms with Gasteiger partial charge in [0.2, 0.25) is 0 Å². The summed E-state index contributed by atoms with van der Waals surface area (Å²) < 4.78 is 18.3. The van der Waals surface area contributed by atoms with Crippen LogP contribution in [0.25, 0.3) is 0 Å². The lowest BCUT2D eigenvalue weighted by Gasteiger charge is -2.15. The van der Waals surface area contributed by atoms with Crippen molar-refractivity contribution in [1.29, 1.82) is 0 Å². The Balaban J connectivity index is 1.68. The van der Waals surface area contributed by atoms with Crippen molar-refractivity contribution in [3.8, 4) is 0 Å². The zero-order valence-electron chi connectivity index (χ0n) is 17.5. The number of urea groups is 1. The van der Waals surface area contributed by atoms with Crippen molar-refractivity contribution >= 4 is 21.6 Å². The minimum Gasteiger partial charge on any atom is -0.390 e. The maximum Gasteiger partial charge on any atom is 0.354 e. The molecule has 0 saturated heterocycles. The van der Waals surface area contributed by atoms with Gasteiger partial charge in [0, 0.05) is 23.5 Å². The van der Waals surface area contributed by atoms with Gasteiger partial charge in [0.25, 0.3) is 0 Å². The average molecular weight is 433 g/mol. The summed E-state index contributed by atoms with van der Waals surface area (Å²) in [5.74, 6) is 0.356. The number of carbonyl (C=O) groups is 1. The van der Waals surface area contributed by atoms with Crippen LogP contribution in [0.1, 0.15) is 73.8 Å². The molecule has 0 spiro atoms. The summed E-state index contributed by atoms with van der Waals surface area (Å²) in [5.41, 5.74) is 5.43. The summed E-state index contributed by atoms with van der Waals surface area (Å²) in [6.07, 6.45) is 4.61. The topological polar surface area (TPSA) is 135 Å². The lowest BCUT2D eigenvalue weighted by molar-refractivity contribution is 0.260. The smallest absolute Gasteiger partial charge is 0.354 e. The van der Waals surface area contributed by atoms with Crippen LogP contribution in [0.4, 0.5) is 10.5 Å². The first kappa shape index (κ1) is 21.0. The number of amides is 2. The quantitative estimate of drug-likeness (QED) is 0.682. The molecule has 0 aromatic carbocycles. The summed E-state index contributed by atoms with van der Waals surface area (Å²) in [6, 6.07) is 0.617. The Morgan fingerprint density at radius 2 is 2.17 bits per heavy atom. The van der Waals surface area contributed by atoms with E-state index in [2.05, 4.69) is 21.7 Å². The zero-order chi connectivity index (χ0) is 21.6. The van der Waals surface area contributed by atoms with Crippen LogP contribution in [0.2, 0.25) is 0 Å². The molecule has 0 saturated carbocycles. The van der Waals surface area contributed by atoms with E-state index in [0.717, 1.165) is 60.3 Å². The molecular weight excluding hydrogens is 404 g/mol. The van der Waals surface area contributed by atoms with Crippen molar-refractivity contribution < 1.29 is 14.1 Å². The van der Waals surface area contributed by atoms with Crippen LogP contribution in [0.5, 0.6) is 0 Å². The van der Waals surface area contributed by atoms with Crippen LogP contribution in [0, 0.1) is 0 Å². The Morgan fingerprint density at radius 1 is 1.40 bits per heavy atom. The number of aromatic nitrogens is 3. The molecule has 30 heavy (non-hydrogen) atoms. The first-order chi connectivity index (χ1) is 14.2. The van der Waals surface area contributed by atoms with Gasteiger partial charge < -0.3 is 10.4 Å². The van der Waals surface area contributed by atoms with E-state index in [-0.39, 0.29) is 17.7 Å². The van der Waals surface area contributed by atoms with E-state index in [9.17, 15) is 14.1 Å². The molecule has 10 heteroatoms. The van der Waals surface area contributed by atoms with Crippen molar-refractivity contribution in [3.05, 3.63) is 34.3 Å². The van der Waals surface area contributed by atoms with E-state index in [1.807, 2.05) is 13.8 Å². The van der Waals surface area contributed by atoms with Gasteiger partial charge in [-0.25, -0.2) is 14.1 Å². The van der Waals surface area contributed by atoms with E-state index >= 15 is 0 Å². The van der Waals surface area contributed by atoms with Crippen LogP contribution in [-0.4, -0.2) is 30.1 Å². The molecule has 9 nitrogen and oxygen atoms in total. The Bertz CT molecular complexity index is 1130. The highest BCUT2D eigenvalue weighted by atomic mass is 32.2. The first-order valence-corrected chi connectivity index (χ1v) is 11.9. The van der Waals surface area contributed by atoms with E-state index < -0.39 is 15.9 Å². The highest BCUT2D eigenvalue weighted by molar-refractivity contribution is 7.91. The number of aliphatic hydroxyl groups is 1. The highest BCUT2D eigenvalue weighted by Crippen LogP contribution is 2.41. The van der Waals surface area contributed by atoms with Crippen LogP contribution >= 0.6 is 0 Å². The van der Waals surface area contributed by atoms with Crippen LogP contribution in [0.3, 0.4) is 0 Å². The second-order valence-corrected chi connectivity index (χ2v) is 10.1. The van der Waals surface area contributed by atoms with Crippen molar-refractivity contribution in [3.63, 3.8) is 0 Å². The second kappa shape index (κ2) is 7.75. The lowest BCUT2D eigenvalue weighted by atomic mass is 10.0. The molecule has 2 aromatic heterocycles. The predicted molar refractivity (Wildman–Crippen MR) is 114 cm³/mol. The van der Waals surface area contributed by atoms with Crippen molar-refractivity contribution in [2.45, 2.75) is 76.5 Å². The molecule has 2 aromatic rings. The molecule has 2 aliphatic rings. The normalized spacial score (nSPS) is 19.5. The Hall–Kier alpha value is -2.30. The standard InChI is InChI=1S/C20H28N6O3S/c1-11(2)26-13(10-27)9-17(24-26)30(21,29)25-20(28)23-19-14-5-4-6-16(14)22-18-12(3)7-8-15(18)19/h9,11-12,27H,4-8,10H2,1-3H3,(H3,21,22,23,25,28,29)/t12-,30?/m1/s1. The third-order valence-corrected chi connectivity index (χ3v) is 7.08. The summed E-state index contributed by atoms with van der Waals surface area (Å²) in [7, 11) is -3.56. The van der Waals surface area contributed by atoms with E-state index in [1.165, 1.54) is 10.7 Å². The highest BCUT2D eigenvalue weighted by Gasteiger charge is 2.30. The minimum atomic E-state index is -3.56. The molecule has 2 amide bonds. The predicted octanol–water partition coefficient (Wildman–Crippen LogP) is 2.82. The van der Waals surface area contributed by atoms with Gasteiger partial charge in [-0.15, -0.1) is 4.36 Å². The molecule has 4 N–H and O–H groups in total. The van der Waals surface area contributed by atoms with Crippen molar-refractivity contribution in [2.24, 2.45) is 9.50 Å². The van der Waals surface area contributed by atoms with Crippen LogP contribution in [0.15, 0.2) is 15.5 Å². The van der Waals surface area contributed by atoms with E-state index in [1.54, 1.807) is 0 Å². The van der Waals surface area contributed by atoms with Gasteiger partial charge in [-0.1, -0.05) is 6.92 Å². The number of hydrogen-bond donors (Lipinski definition) is 3. The number of nitrogens with two attached hydrogens (primary N) is 1. The molecule has 162 valence electrons. The average Bonchev–Trinajstić information content (AvgIpc) is 3.39. The largest absolute Gasteiger partial charge is 0.390 e. The van der Waals surface area contributed by atoms with E-state index in [4.69, 9.17) is 10.1 Å². The Labute approximate surface area is 176 Å². The molecule has 0 bridgehead atoms. The molecular formula is C20H28N6O3S. The minimum absolute atomic E-state index is 0.0193. The summed E-state index contributed by atoms with van der Waals surface area (Å²) in [6.45, 7) is 5.63. The monoisotopic (exact) mass is 432 g/mol. The number of rotatable bonds is 4. The zero-order valence-corrected chi connectivity index (χ0v) is 18.3. The lowest BCUT2D eigenvalue weighted by Crippen LogP contribution is -2.20. The molecule has 0 aliphatic heterocycles. The fourth-order valence-corrected chi connectivity index (χ4v) is 5.26. The van der Waals surface area contributed by atoms with Gasteiger partial charge in [-0.2, -0.15) is 5.10 Å². The second-order valence-electron chi connectivity index (χ2n) is 8.33. The SMILES string of the molecule is CC(C)n1nc(S(N)(=O)=NC(=O)Nc2c3c(nc4c2CC[C@H]4C)CCC3)cc1CO. The maximum absolute atomic E-state index is 13.0. The molecule has 1 unspecified atom stereocenters. The number of hydrogen-bond acceptors (Lipinski definition) is 5. The first-order valence-electron chi connectivity index (χ1n) is 10.3. The fourth-order valence-electron chi connectivity index (χ4n) is 4.37. The van der Waals surface area contributed by atoms with Gasteiger partial charge in [-0.3, -0.25) is 9.67 Å².